The second kappa shape index (κ2) is 11.4. The van der Waals surface area contributed by atoms with Crippen molar-refractivity contribution in [2.24, 2.45) is 0 Å². The number of esters is 1. The standard InChI is InChI=1S/C19H27NO4/c1-16(2)24-15-7-13-20(14-12-19(22)23-3)18(21)11-10-17-8-5-4-6-9-17/h4-6,8-11,16H,7,12-15H2,1-3H3/b11-10+. The lowest BCUT2D eigenvalue weighted by atomic mass is 10.2. The molecule has 1 rings (SSSR count). The molecule has 0 aliphatic heterocycles. The van der Waals surface area contributed by atoms with Crippen LogP contribution in [0.1, 0.15) is 32.3 Å². The zero-order valence-corrected chi connectivity index (χ0v) is 14.7. The van der Waals surface area contributed by atoms with Gasteiger partial charge in [0, 0.05) is 25.8 Å². The highest BCUT2D eigenvalue weighted by Gasteiger charge is 2.13. The zero-order chi connectivity index (χ0) is 17.8. The number of methoxy groups -OCH3 is 1. The van der Waals surface area contributed by atoms with E-state index in [2.05, 4.69) is 4.74 Å². The van der Waals surface area contributed by atoms with Crippen LogP contribution in [0.2, 0.25) is 0 Å². The molecule has 5 heteroatoms. The number of rotatable bonds is 10. The SMILES string of the molecule is COC(=O)CCN(CCCOC(C)C)C(=O)/C=C/c1ccccc1. The van der Waals surface area contributed by atoms with Crippen molar-refractivity contribution < 1.29 is 19.1 Å². The topological polar surface area (TPSA) is 55.8 Å². The molecule has 0 N–H and O–H groups in total. The molecule has 0 fully saturated rings. The first kappa shape index (κ1) is 19.9. The molecule has 132 valence electrons. The fourth-order valence-electron chi connectivity index (χ4n) is 2.07. The quantitative estimate of drug-likeness (QED) is 0.375. The molecule has 0 saturated heterocycles. The van der Waals surface area contributed by atoms with Gasteiger partial charge in [0.05, 0.1) is 19.6 Å². The minimum Gasteiger partial charge on any atom is -0.469 e. The van der Waals surface area contributed by atoms with Gasteiger partial charge in [-0.25, -0.2) is 0 Å². The van der Waals surface area contributed by atoms with Crippen LogP contribution in [0.25, 0.3) is 6.08 Å². The number of carbonyl (C=O) groups is 2. The third-order valence-electron chi connectivity index (χ3n) is 3.37. The van der Waals surface area contributed by atoms with Crippen LogP contribution in [-0.4, -0.2) is 49.7 Å². The van der Waals surface area contributed by atoms with E-state index < -0.39 is 0 Å². The molecule has 0 unspecified atom stereocenters. The molecule has 0 saturated carbocycles. The molecule has 0 heterocycles. The van der Waals surface area contributed by atoms with Crippen molar-refractivity contribution in [2.45, 2.75) is 32.8 Å². The number of hydrogen-bond acceptors (Lipinski definition) is 4. The molecule has 0 atom stereocenters. The number of carbonyl (C=O) groups excluding carboxylic acids is 2. The average molecular weight is 333 g/mol. The molecule has 0 radical (unpaired) electrons. The summed E-state index contributed by atoms with van der Waals surface area (Å²) in [5.41, 5.74) is 0.960. The summed E-state index contributed by atoms with van der Waals surface area (Å²) in [4.78, 5) is 25.4. The maximum atomic E-state index is 12.4. The Morgan fingerprint density at radius 3 is 2.50 bits per heavy atom. The van der Waals surface area contributed by atoms with Crippen molar-refractivity contribution in [3.8, 4) is 0 Å². The summed E-state index contributed by atoms with van der Waals surface area (Å²) in [6.45, 7) is 5.42. The van der Waals surface area contributed by atoms with E-state index in [4.69, 9.17) is 4.74 Å². The maximum Gasteiger partial charge on any atom is 0.307 e. The lowest BCUT2D eigenvalue weighted by Crippen LogP contribution is -2.33. The zero-order valence-electron chi connectivity index (χ0n) is 14.7. The van der Waals surface area contributed by atoms with Gasteiger partial charge in [0.1, 0.15) is 0 Å². The molecular formula is C19H27NO4. The van der Waals surface area contributed by atoms with Crippen LogP contribution in [0.5, 0.6) is 0 Å². The van der Waals surface area contributed by atoms with Gasteiger partial charge in [0.25, 0.3) is 0 Å². The largest absolute Gasteiger partial charge is 0.469 e. The first-order valence-corrected chi connectivity index (χ1v) is 8.23. The van der Waals surface area contributed by atoms with Gasteiger partial charge in [-0.1, -0.05) is 30.3 Å². The Bertz CT molecular complexity index is 525. The Morgan fingerprint density at radius 1 is 1.17 bits per heavy atom. The predicted octanol–water partition coefficient (Wildman–Crippen LogP) is 2.91. The van der Waals surface area contributed by atoms with Gasteiger partial charge in [-0.05, 0) is 31.9 Å². The number of nitrogens with zero attached hydrogens (tertiary/aromatic N) is 1. The molecule has 1 aromatic carbocycles. The van der Waals surface area contributed by atoms with Crippen LogP contribution < -0.4 is 0 Å². The van der Waals surface area contributed by atoms with E-state index in [9.17, 15) is 9.59 Å². The van der Waals surface area contributed by atoms with E-state index in [0.29, 0.717) is 19.7 Å². The van der Waals surface area contributed by atoms with Crippen LogP contribution in [0.3, 0.4) is 0 Å². The molecule has 5 nitrogen and oxygen atoms in total. The van der Waals surface area contributed by atoms with Crippen LogP contribution in [0.15, 0.2) is 36.4 Å². The smallest absolute Gasteiger partial charge is 0.307 e. The Kier molecular flexibility index (Phi) is 9.46. The number of benzene rings is 1. The van der Waals surface area contributed by atoms with Gasteiger partial charge in [-0.15, -0.1) is 0 Å². The molecule has 1 aromatic rings. The summed E-state index contributed by atoms with van der Waals surface area (Å²) < 4.78 is 10.1. The minimum atomic E-state index is -0.321. The van der Waals surface area contributed by atoms with Gasteiger partial charge in [-0.2, -0.15) is 0 Å². The normalized spacial score (nSPS) is 11.0. The minimum absolute atomic E-state index is 0.118. The fraction of sp³-hybridized carbons (Fsp3) is 0.474. The third-order valence-corrected chi connectivity index (χ3v) is 3.37. The summed E-state index contributed by atoms with van der Waals surface area (Å²) in [6.07, 6.45) is 4.40. The van der Waals surface area contributed by atoms with Gasteiger partial charge in [0.2, 0.25) is 5.91 Å². The molecule has 0 spiro atoms. The molecule has 1 amide bonds. The van der Waals surface area contributed by atoms with Crippen LogP contribution in [-0.2, 0) is 19.1 Å². The van der Waals surface area contributed by atoms with E-state index in [1.807, 2.05) is 44.2 Å². The third kappa shape index (κ3) is 8.48. The van der Waals surface area contributed by atoms with Crippen molar-refractivity contribution in [1.29, 1.82) is 0 Å². The first-order valence-electron chi connectivity index (χ1n) is 8.23. The summed E-state index contributed by atoms with van der Waals surface area (Å²) >= 11 is 0. The summed E-state index contributed by atoms with van der Waals surface area (Å²) in [5, 5.41) is 0. The summed E-state index contributed by atoms with van der Waals surface area (Å²) in [5.74, 6) is -0.439. The Balaban J connectivity index is 2.58. The lowest BCUT2D eigenvalue weighted by molar-refractivity contribution is -0.141. The second-order valence-electron chi connectivity index (χ2n) is 5.67. The van der Waals surface area contributed by atoms with Crippen molar-refractivity contribution in [2.75, 3.05) is 26.8 Å². The summed E-state index contributed by atoms with van der Waals surface area (Å²) in [6, 6.07) is 9.62. The van der Waals surface area contributed by atoms with Gasteiger partial charge in [0.15, 0.2) is 0 Å². The Hall–Kier alpha value is -2.14. The van der Waals surface area contributed by atoms with E-state index in [0.717, 1.165) is 12.0 Å². The molecule has 0 aliphatic carbocycles. The van der Waals surface area contributed by atoms with Gasteiger partial charge < -0.3 is 14.4 Å². The van der Waals surface area contributed by atoms with Gasteiger partial charge in [-0.3, -0.25) is 9.59 Å². The highest BCUT2D eigenvalue weighted by molar-refractivity contribution is 5.92. The average Bonchev–Trinajstić information content (AvgIpc) is 2.59. The van der Waals surface area contributed by atoms with Crippen molar-refractivity contribution in [3.05, 3.63) is 42.0 Å². The van der Waals surface area contributed by atoms with Crippen LogP contribution in [0, 0.1) is 0 Å². The fourth-order valence-corrected chi connectivity index (χ4v) is 2.07. The highest BCUT2D eigenvalue weighted by atomic mass is 16.5. The Morgan fingerprint density at radius 2 is 1.88 bits per heavy atom. The monoisotopic (exact) mass is 333 g/mol. The molecule has 0 aromatic heterocycles. The molecule has 0 bridgehead atoms. The second-order valence-corrected chi connectivity index (χ2v) is 5.67. The van der Waals surface area contributed by atoms with Crippen LogP contribution in [0.4, 0.5) is 0 Å². The lowest BCUT2D eigenvalue weighted by Gasteiger charge is -2.21. The molecular weight excluding hydrogens is 306 g/mol. The van der Waals surface area contributed by atoms with E-state index in [1.165, 1.54) is 13.2 Å². The summed E-state index contributed by atoms with van der Waals surface area (Å²) in [7, 11) is 1.35. The number of hydrogen-bond donors (Lipinski definition) is 0. The predicted molar refractivity (Wildman–Crippen MR) is 94.4 cm³/mol. The number of amides is 1. The maximum absolute atomic E-state index is 12.4. The van der Waals surface area contributed by atoms with Crippen molar-refractivity contribution in [3.63, 3.8) is 0 Å². The van der Waals surface area contributed by atoms with Gasteiger partial charge >= 0.3 is 5.97 Å². The van der Waals surface area contributed by atoms with Crippen molar-refractivity contribution >= 4 is 18.0 Å². The van der Waals surface area contributed by atoms with Crippen molar-refractivity contribution in [1.82, 2.24) is 4.90 Å². The number of ether oxygens (including phenoxy) is 2. The Labute approximate surface area is 144 Å². The van der Waals surface area contributed by atoms with Crippen LogP contribution >= 0.6 is 0 Å². The highest BCUT2D eigenvalue weighted by Crippen LogP contribution is 2.04. The van der Waals surface area contributed by atoms with E-state index in [1.54, 1.807) is 11.0 Å². The first-order chi connectivity index (χ1) is 11.5. The van der Waals surface area contributed by atoms with E-state index in [-0.39, 0.29) is 24.4 Å². The molecule has 0 aliphatic rings. The molecule has 24 heavy (non-hydrogen) atoms. The van der Waals surface area contributed by atoms with E-state index >= 15 is 0 Å².